The number of nitrogens with one attached hydrogen (secondary N) is 1. The number of hydrogen-bond acceptors (Lipinski definition) is 2. The van der Waals surface area contributed by atoms with Crippen LogP contribution in [0, 0.1) is 11.3 Å². The van der Waals surface area contributed by atoms with E-state index in [4.69, 9.17) is 0 Å². The molecule has 0 bridgehead atoms. The molecule has 1 atom stereocenters. The molecule has 0 aliphatic heterocycles. The fourth-order valence-corrected chi connectivity index (χ4v) is 3.29. The van der Waals surface area contributed by atoms with Gasteiger partial charge in [0.1, 0.15) is 0 Å². The third-order valence-corrected chi connectivity index (χ3v) is 4.11. The zero-order valence-corrected chi connectivity index (χ0v) is 13.6. The number of benzene rings is 1. The normalized spacial score (nSPS) is 23.0. The Morgan fingerprint density at radius 1 is 1.33 bits per heavy atom. The Kier molecular flexibility index (Phi) is 4.81. The minimum Gasteiger partial charge on any atom is -0.267 e. The van der Waals surface area contributed by atoms with Crippen molar-refractivity contribution in [1.82, 2.24) is 5.43 Å². The molecule has 0 unspecified atom stereocenters. The Morgan fingerprint density at radius 3 is 2.57 bits per heavy atom. The molecule has 1 aromatic carbocycles. The predicted molar refractivity (Wildman–Crippen MR) is 87.5 cm³/mol. The molecule has 0 spiro atoms. The number of hydrazone groups is 1. The Hall–Kier alpha value is -1.64. The van der Waals surface area contributed by atoms with Crippen molar-refractivity contribution in [3.05, 3.63) is 35.4 Å². The maximum atomic E-state index is 12.1. The van der Waals surface area contributed by atoms with Crippen LogP contribution in [0.2, 0.25) is 0 Å². The molecule has 1 saturated carbocycles. The topological polar surface area (TPSA) is 41.5 Å². The summed E-state index contributed by atoms with van der Waals surface area (Å²) in [6.07, 6.45) is 4.15. The SMILES string of the molecule is CCc1ccc(C(=O)N/N=C2/C[C@@H](C)CC(C)(C)C2)cc1. The van der Waals surface area contributed by atoms with Crippen LogP contribution >= 0.6 is 0 Å². The lowest BCUT2D eigenvalue weighted by molar-refractivity contribution is 0.0954. The molecule has 0 heterocycles. The van der Waals surface area contributed by atoms with E-state index in [0.29, 0.717) is 11.5 Å². The average Bonchev–Trinajstić information content (AvgIpc) is 2.43. The molecule has 1 aromatic rings. The maximum Gasteiger partial charge on any atom is 0.271 e. The Balaban J connectivity index is 2.00. The van der Waals surface area contributed by atoms with E-state index in [1.807, 2.05) is 24.3 Å². The second kappa shape index (κ2) is 6.42. The summed E-state index contributed by atoms with van der Waals surface area (Å²) in [5.74, 6) is 0.509. The summed E-state index contributed by atoms with van der Waals surface area (Å²) in [7, 11) is 0. The first kappa shape index (κ1) is 15.7. The van der Waals surface area contributed by atoms with Gasteiger partial charge < -0.3 is 0 Å². The van der Waals surface area contributed by atoms with Gasteiger partial charge in [-0.25, -0.2) is 5.43 Å². The van der Waals surface area contributed by atoms with Gasteiger partial charge in [0.15, 0.2) is 0 Å². The van der Waals surface area contributed by atoms with Gasteiger partial charge in [0, 0.05) is 11.3 Å². The molecule has 1 amide bonds. The summed E-state index contributed by atoms with van der Waals surface area (Å²) in [5.41, 5.74) is 6.01. The Labute approximate surface area is 127 Å². The van der Waals surface area contributed by atoms with Crippen LogP contribution in [-0.4, -0.2) is 11.6 Å². The van der Waals surface area contributed by atoms with E-state index < -0.39 is 0 Å². The third-order valence-electron chi connectivity index (χ3n) is 4.11. The highest BCUT2D eigenvalue weighted by molar-refractivity contribution is 5.95. The van der Waals surface area contributed by atoms with Crippen molar-refractivity contribution >= 4 is 11.6 Å². The molecule has 0 aromatic heterocycles. The van der Waals surface area contributed by atoms with E-state index in [0.717, 1.165) is 25.0 Å². The highest BCUT2D eigenvalue weighted by atomic mass is 16.2. The van der Waals surface area contributed by atoms with E-state index in [2.05, 4.69) is 38.2 Å². The number of amides is 1. The number of carbonyl (C=O) groups excluding carboxylic acids is 1. The number of aryl methyl sites for hydroxylation is 1. The van der Waals surface area contributed by atoms with Gasteiger partial charge in [-0.1, -0.05) is 39.8 Å². The summed E-state index contributed by atoms with van der Waals surface area (Å²) in [4.78, 5) is 12.1. The standard InChI is InChI=1S/C18H26N2O/c1-5-14-6-8-15(9-7-14)17(21)20-19-16-10-13(2)11-18(3,4)12-16/h6-9,13H,5,10-12H2,1-4H3,(H,20,21)/b19-16-/t13-/m1/s1. The van der Waals surface area contributed by atoms with Crippen LogP contribution in [0.3, 0.4) is 0 Å². The number of hydrogen-bond donors (Lipinski definition) is 1. The lowest BCUT2D eigenvalue weighted by atomic mass is 9.72. The van der Waals surface area contributed by atoms with Crippen LogP contribution < -0.4 is 5.43 Å². The van der Waals surface area contributed by atoms with Crippen molar-refractivity contribution < 1.29 is 4.79 Å². The Bertz CT molecular complexity index is 529. The van der Waals surface area contributed by atoms with E-state index in [-0.39, 0.29) is 11.3 Å². The van der Waals surface area contributed by atoms with E-state index in [1.165, 1.54) is 12.0 Å². The zero-order chi connectivity index (χ0) is 15.5. The minimum absolute atomic E-state index is 0.124. The van der Waals surface area contributed by atoms with Crippen molar-refractivity contribution in [2.24, 2.45) is 16.4 Å². The molecule has 114 valence electrons. The van der Waals surface area contributed by atoms with E-state index in [1.54, 1.807) is 0 Å². The second-order valence-corrected chi connectivity index (χ2v) is 7.02. The quantitative estimate of drug-likeness (QED) is 0.832. The molecule has 21 heavy (non-hydrogen) atoms. The van der Waals surface area contributed by atoms with Gasteiger partial charge in [-0.15, -0.1) is 0 Å². The number of rotatable bonds is 3. The summed E-state index contributed by atoms with van der Waals surface area (Å²) < 4.78 is 0. The van der Waals surface area contributed by atoms with Gasteiger partial charge in [0.05, 0.1) is 0 Å². The lowest BCUT2D eigenvalue weighted by Gasteiger charge is -2.34. The number of nitrogens with zero attached hydrogens (tertiary/aromatic N) is 1. The monoisotopic (exact) mass is 286 g/mol. The van der Waals surface area contributed by atoms with Crippen LogP contribution in [0.25, 0.3) is 0 Å². The highest BCUT2D eigenvalue weighted by Gasteiger charge is 2.29. The van der Waals surface area contributed by atoms with Gasteiger partial charge in [-0.2, -0.15) is 5.10 Å². The first-order valence-corrected chi connectivity index (χ1v) is 7.84. The van der Waals surface area contributed by atoms with Crippen LogP contribution in [0.5, 0.6) is 0 Å². The van der Waals surface area contributed by atoms with Crippen molar-refractivity contribution in [3.8, 4) is 0 Å². The molecule has 1 fully saturated rings. The smallest absolute Gasteiger partial charge is 0.267 e. The molecule has 1 aliphatic rings. The van der Waals surface area contributed by atoms with Crippen LogP contribution in [0.15, 0.2) is 29.4 Å². The van der Waals surface area contributed by atoms with Gasteiger partial charge in [-0.3, -0.25) is 4.79 Å². The molecule has 1 N–H and O–H groups in total. The van der Waals surface area contributed by atoms with Gasteiger partial charge in [0.25, 0.3) is 5.91 Å². The summed E-state index contributed by atoms with van der Waals surface area (Å²) >= 11 is 0. The lowest BCUT2D eigenvalue weighted by Crippen LogP contribution is -2.30. The molecule has 3 nitrogen and oxygen atoms in total. The first-order valence-electron chi connectivity index (χ1n) is 7.84. The Morgan fingerprint density at radius 2 is 2.00 bits per heavy atom. The van der Waals surface area contributed by atoms with Crippen molar-refractivity contribution in [3.63, 3.8) is 0 Å². The van der Waals surface area contributed by atoms with Gasteiger partial charge >= 0.3 is 0 Å². The predicted octanol–water partition coefficient (Wildman–Crippen LogP) is 4.18. The molecule has 0 saturated heterocycles. The minimum atomic E-state index is -0.124. The number of carbonyl (C=O) groups is 1. The van der Waals surface area contributed by atoms with Gasteiger partial charge in [-0.05, 0) is 54.7 Å². The molecule has 0 radical (unpaired) electrons. The highest BCUT2D eigenvalue weighted by Crippen LogP contribution is 2.36. The maximum absolute atomic E-state index is 12.1. The largest absolute Gasteiger partial charge is 0.271 e. The van der Waals surface area contributed by atoms with Crippen LogP contribution in [0.4, 0.5) is 0 Å². The van der Waals surface area contributed by atoms with Gasteiger partial charge in [0.2, 0.25) is 0 Å². The average molecular weight is 286 g/mol. The third kappa shape index (κ3) is 4.42. The fourth-order valence-electron chi connectivity index (χ4n) is 3.29. The molecular formula is C18H26N2O. The summed E-state index contributed by atoms with van der Waals surface area (Å²) in [6, 6.07) is 7.71. The van der Waals surface area contributed by atoms with Crippen LogP contribution in [-0.2, 0) is 6.42 Å². The van der Waals surface area contributed by atoms with E-state index in [9.17, 15) is 4.79 Å². The fraction of sp³-hybridized carbons (Fsp3) is 0.556. The second-order valence-electron chi connectivity index (χ2n) is 7.02. The molecule has 1 aliphatic carbocycles. The summed E-state index contributed by atoms with van der Waals surface area (Å²) in [6.45, 7) is 8.89. The van der Waals surface area contributed by atoms with Crippen LogP contribution in [0.1, 0.15) is 62.9 Å². The van der Waals surface area contributed by atoms with Crippen molar-refractivity contribution in [1.29, 1.82) is 0 Å². The van der Waals surface area contributed by atoms with Crippen molar-refractivity contribution in [2.45, 2.75) is 53.4 Å². The molecule has 2 rings (SSSR count). The van der Waals surface area contributed by atoms with Crippen molar-refractivity contribution in [2.75, 3.05) is 0 Å². The molecule has 3 heteroatoms. The first-order chi connectivity index (χ1) is 9.89. The van der Waals surface area contributed by atoms with E-state index >= 15 is 0 Å². The molecular weight excluding hydrogens is 260 g/mol. The summed E-state index contributed by atoms with van der Waals surface area (Å²) in [5, 5.41) is 4.37. The zero-order valence-electron chi connectivity index (χ0n) is 13.6.